The fourth-order valence-corrected chi connectivity index (χ4v) is 2.69. The van der Waals surface area contributed by atoms with Gasteiger partial charge in [-0.3, -0.25) is 4.79 Å². The Kier molecular flexibility index (Phi) is 3.44. The predicted molar refractivity (Wildman–Crippen MR) is 75.3 cm³/mol. The van der Waals surface area contributed by atoms with Gasteiger partial charge in [0.15, 0.2) is 0 Å². The second-order valence-corrected chi connectivity index (χ2v) is 5.11. The summed E-state index contributed by atoms with van der Waals surface area (Å²) in [5, 5.41) is 11.5. The first-order chi connectivity index (χ1) is 10.2. The molecule has 2 aromatic rings. The second-order valence-electron chi connectivity index (χ2n) is 5.11. The molecule has 0 aliphatic carbocycles. The maximum atomic E-state index is 12.4. The second kappa shape index (κ2) is 5.40. The Morgan fingerprint density at radius 3 is 2.43 bits per heavy atom. The van der Waals surface area contributed by atoms with Gasteiger partial charge in [-0.15, -0.1) is 0 Å². The number of rotatable bonds is 4. The third-order valence-electron chi connectivity index (χ3n) is 3.77. The highest BCUT2D eigenvalue weighted by Crippen LogP contribution is 2.25. The molecule has 2 aromatic carbocycles. The van der Waals surface area contributed by atoms with Crippen LogP contribution in [0.5, 0.6) is 0 Å². The van der Waals surface area contributed by atoms with Gasteiger partial charge in [-0.1, -0.05) is 48.5 Å². The number of fused-ring (bicyclic) bond motifs is 1. The standard InChI is InChI=1S/C17H15NO3/c19-16-14-9-5-4-8-13(14)11-18(16)15(17(20)21)10-12-6-2-1-3-7-12/h1-9,15H,10-11H2,(H,20,21)/p-1/t15-/m1/s1. The summed E-state index contributed by atoms with van der Waals surface area (Å²) in [6.45, 7) is 0.320. The topological polar surface area (TPSA) is 60.4 Å². The Hall–Kier alpha value is -2.62. The van der Waals surface area contributed by atoms with Crippen molar-refractivity contribution in [1.82, 2.24) is 4.90 Å². The van der Waals surface area contributed by atoms with E-state index in [0.717, 1.165) is 11.1 Å². The maximum absolute atomic E-state index is 12.4. The van der Waals surface area contributed by atoms with Crippen molar-refractivity contribution in [3.63, 3.8) is 0 Å². The largest absolute Gasteiger partial charge is 0.548 e. The summed E-state index contributed by atoms with van der Waals surface area (Å²) in [6.07, 6.45) is 0.253. The number of aliphatic carboxylic acids is 1. The Morgan fingerprint density at radius 2 is 1.76 bits per heavy atom. The van der Waals surface area contributed by atoms with E-state index in [0.29, 0.717) is 12.1 Å². The molecule has 0 unspecified atom stereocenters. The summed E-state index contributed by atoms with van der Waals surface area (Å²) < 4.78 is 0. The minimum Gasteiger partial charge on any atom is -0.548 e. The maximum Gasteiger partial charge on any atom is 0.255 e. The van der Waals surface area contributed by atoms with Gasteiger partial charge in [-0.2, -0.15) is 0 Å². The molecule has 0 radical (unpaired) electrons. The predicted octanol–water partition coefficient (Wildman–Crippen LogP) is 1.00. The van der Waals surface area contributed by atoms with Crippen molar-refractivity contribution in [3.05, 3.63) is 71.3 Å². The van der Waals surface area contributed by atoms with Crippen molar-refractivity contribution in [1.29, 1.82) is 0 Å². The number of carbonyl (C=O) groups excluding carboxylic acids is 2. The summed E-state index contributed by atoms with van der Waals surface area (Å²) in [4.78, 5) is 25.2. The van der Waals surface area contributed by atoms with E-state index in [1.165, 1.54) is 4.90 Å². The number of carboxylic acid groups (broad SMARTS) is 1. The Morgan fingerprint density at radius 1 is 1.10 bits per heavy atom. The van der Waals surface area contributed by atoms with Crippen molar-refractivity contribution < 1.29 is 14.7 Å². The average molecular weight is 280 g/mol. The van der Waals surface area contributed by atoms with E-state index in [9.17, 15) is 14.7 Å². The van der Waals surface area contributed by atoms with Crippen LogP contribution in [0, 0.1) is 0 Å². The molecule has 1 atom stereocenters. The number of benzene rings is 2. The van der Waals surface area contributed by atoms with Crippen molar-refractivity contribution in [2.45, 2.75) is 19.0 Å². The third-order valence-corrected chi connectivity index (χ3v) is 3.77. The Balaban J connectivity index is 1.87. The molecule has 0 bridgehead atoms. The smallest absolute Gasteiger partial charge is 0.255 e. The number of hydrogen-bond donors (Lipinski definition) is 0. The minimum absolute atomic E-state index is 0.240. The molecule has 0 saturated carbocycles. The highest BCUT2D eigenvalue weighted by Gasteiger charge is 2.32. The monoisotopic (exact) mass is 280 g/mol. The average Bonchev–Trinajstić information content (AvgIpc) is 2.83. The highest BCUT2D eigenvalue weighted by molar-refractivity contribution is 6.00. The highest BCUT2D eigenvalue weighted by atomic mass is 16.4. The molecule has 0 saturated heterocycles. The van der Waals surface area contributed by atoms with Crippen molar-refractivity contribution in [3.8, 4) is 0 Å². The summed E-state index contributed by atoms with van der Waals surface area (Å²) >= 11 is 0. The van der Waals surface area contributed by atoms with Gasteiger partial charge in [0, 0.05) is 12.1 Å². The number of carboxylic acids is 1. The lowest BCUT2D eigenvalue weighted by Crippen LogP contribution is -2.49. The van der Waals surface area contributed by atoms with Crippen LogP contribution in [0.4, 0.5) is 0 Å². The zero-order chi connectivity index (χ0) is 14.8. The molecule has 0 fully saturated rings. The molecule has 0 N–H and O–H groups in total. The van der Waals surface area contributed by atoms with E-state index >= 15 is 0 Å². The summed E-state index contributed by atoms with van der Waals surface area (Å²) in [5.74, 6) is -1.46. The lowest BCUT2D eigenvalue weighted by atomic mass is 10.0. The van der Waals surface area contributed by atoms with Crippen LogP contribution in [0.15, 0.2) is 54.6 Å². The van der Waals surface area contributed by atoms with Gasteiger partial charge < -0.3 is 14.8 Å². The molecule has 21 heavy (non-hydrogen) atoms. The summed E-state index contributed by atoms with van der Waals surface area (Å²) in [6, 6.07) is 15.5. The molecular formula is C17H14NO3-. The third kappa shape index (κ3) is 2.52. The molecule has 1 aliphatic rings. The fraction of sp³-hybridized carbons (Fsp3) is 0.176. The van der Waals surface area contributed by atoms with Crippen molar-refractivity contribution in [2.24, 2.45) is 0 Å². The first kappa shape index (κ1) is 13.4. The lowest BCUT2D eigenvalue weighted by Gasteiger charge is -2.28. The molecule has 0 aromatic heterocycles. The van der Waals surface area contributed by atoms with Gasteiger partial charge in [0.25, 0.3) is 5.91 Å². The lowest BCUT2D eigenvalue weighted by molar-refractivity contribution is -0.311. The van der Waals surface area contributed by atoms with Crippen LogP contribution in [-0.4, -0.2) is 22.8 Å². The van der Waals surface area contributed by atoms with Crippen LogP contribution in [-0.2, 0) is 17.8 Å². The normalized spacial score (nSPS) is 14.9. The molecule has 3 rings (SSSR count). The molecule has 4 heteroatoms. The first-order valence-electron chi connectivity index (χ1n) is 6.80. The molecule has 106 valence electrons. The molecular weight excluding hydrogens is 266 g/mol. The molecule has 1 heterocycles. The molecule has 1 amide bonds. The van der Waals surface area contributed by atoms with E-state index in [-0.39, 0.29) is 12.3 Å². The van der Waals surface area contributed by atoms with Gasteiger partial charge in [-0.25, -0.2) is 0 Å². The SMILES string of the molecule is O=C([O-])[C@@H](Cc1ccccc1)N1Cc2ccccc2C1=O. The van der Waals surface area contributed by atoms with Crippen LogP contribution in [0.2, 0.25) is 0 Å². The van der Waals surface area contributed by atoms with E-state index < -0.39 is 12.0 Å². The van der Waals surface area contributed by atoms with Crippen LogP contribution in [0.25, 0.3) is 0 Å². The van der Waals surface area contributed by atoms with Gasteiger partial charge in [0.2, 0.25) is 0 Å². The zero-order valence-corrected chi connectivity index (χ0v) is 11.4. The van der Waals surface area contributed by atoms with Gasteiger partial charge in [-0.05, 0) is 23.6 Å². The minimum atomic E-state index is -1.22. The first-order valence-corrected chi connectivity index (χ1v) is 6.80. The number of carbonyl (C=O) groups is 2. The van der Waals surface area contributed by atoms with E-state index in [4.69, 9.17) is 0 Å². The van der Waals surface area contributed by atoms with Gasteiger partial charge in [0.05, 0.1) is 12.0 Å². The van der Waals surface area contributed by atoms with E-state index in [1.807, 2.05) is 42.5 Å². The molecule has 4 nitrogen and oxygen atoms in total. The number of amides is 1. The van der Waals surface area contributed by atoms with Crippen LogP contribution in [0.3, 0.4) is 0 Å². The quantitative estimate of drug-likeness (QED) is 0.839. The fourth-order valence-electron chi connectivity index (χ4n) is 2.69. The zero-order valence-electron chi connectivity index (χ0n) is 11.4. The van der Waals surface area contributed by atoms with Crippen LogP contribution >= 0.6 is 0 Å². The number of hydrogen-bond acceptors (Lipinski definition) is 3. The van der Waals surface area contributed by atoms with Crippen molar-refractivity contribution >= 4 is 11.9 Å². The van der Waals surface area contributed by atoms with Gasteiger partial charge in [0.1, 0.15) is 0 Å². The molecule has 0 spiro atoms. The molecule has 1 aliphatic heterocycles. The van der Waals surface area contributed by atoms with Crippen molar-refractivity contribution in [2.75, 3.05) is 0 Å². The van der Waals surface area contributed by atoms with E-state index in [2.05, 4.69) is 0 Å². The Labute approximate surface area is 122 Å². The summed E-state index contributed by atoms with van der Waals surface area (Å²) in [5.41, 5.74) is 2.31. The van der Waals surface area contributed by atoms with Gasteiger partial charge >= 0.3 is 0 Å². The van der Waals surface area contributed by atoms with Crippen LogP contribution in [0.1, 0.15) is 21.5 Å². The van der Waals surface area contributed by atoms with E-state index in [1.54, 1.807) is 12.1 Å². The number of nitrogens with zero attached hydrogens (tertiary/aromatic N) is 1. The summed E-state index contributed by atoms with van der Waals surface area (Å²) in [7, 11) is 0. The van der Waals surface area contributed by atoms with Crippen LogP contribution < -0.4 is 5.11 Å². The Bertz CT molecular complexity index is 681.